The molecule has 0 aliphatic heterocycles. The Morgan fingerprint density at radius 2 is 1.65 bits per heavy atom. The molecular weight excluding hydrogens is 328 g/mol. The number of benzene rings is 1. The molecule has 0 amide bonds. The van der Waals surface area contributed by atoms with E-state index in [-0.39, 0.29) is 23.8 Å². The smallest absolute Gasteiger partial charge is 0.421 e. The lowest BCUT2D eigenvalue weighted by Crippen LogP contribution is -2.13. The van der Waals surface area contributed by atoms with Crippen LogP contribution in [0.3, 0.4) is 0 Å². The Labute approximate surface area is 126 Å². The molecule has 0 bridgehead atoms. The number of phenolic OH excluding ortho intramolecular Hbond substituents is 1. The van der Waals surface area contributed by atoms with Crippen molar-refractivity contribution in [3.05, 3.63) is 47.2 Å². The average molecular weight is 337 g/mol. The second-order valence-electron chi connectivity index (χ2n) is 4.62. The van der Waals surface area contributed by atoms with E-state index in [1.54, 1.807) is 0 Å². The van der Waals surface area contributed by atoms with Gasteiger partial charge in [0.25, 0.3) is 0 Å². The van der Waals surface area contributed by atoms with Crippen LogP contribution in [0.5, 0.6) is 17.4 Å². The number of aryl methyl sites for hydroxylation is 1. The molecule has 0 radical (unpaired) electrons. The molecule has 2 aromatic rings. The number of nitrogens with zero attached hydrogens (tertiary/aromatic N) is 1. The van der Waals surface area contributed by atoms with Gasteiger partial charge in [0.2, 0.25) is 5.88 Å². The summed E-state index contributed by atoms with van der Waals surface area (Å²) in [6, 6.07) is 3.52. The van der Waals surface area contributed by atoms with Crippen LogP contribution in [0.25, 0.3) is 0 Å². The van der Waals surface area contributed by atoms with Crippen LogP contribution in [0.15, 0.2) is 30.5 Å². The monoisotopic (exact) mass is 337 g/mol. The highest BCUT2D eigenvalue weighted by Gasteiger charge is 2.40. The van der Waals surface area contributed by atoms with Crippen molar-refractivity contribution in [3.8, 4) is 17.4 Å². The summed E-state index contributed by atoms with van der Waals surface area (Å²) in [4.78, 5) is 3.15. The first-order valence-electron chi connectivity index (χ1n) is 6.10. The van der Waals surface area contributed by atoms with Gasteiger partial charge in [0.1, 0.15) is 17.1 Å². The van der Waals surface area contributed by atoms with Crippen molar-refractivity contribution >= 4 is 0 Å². The zero-order valence-corrected chi connectivity index (χ0v) is 11.5. The van der Waals surface area contributed by atoms with E-state index in [4.69, 9.17) is 4.74 Å². The third-order valence-corrected chi connectivity index (χ3v) is 2.85. The SMILES string of the molecule is Cc1cc(O)ccc1Oc1ncc(C(F)(F)F)cc1C(F)(F)F. The molecular formula is C14H9F6NO2. The Hall–Kier alpha value is -2.45. The fourth-order valence-corrected chi connectivity index (χ4v) is 1.74. The Morgan fingerprint density at radius 3 is 2.17 bits per heavy atom. The van der Waals surface area contributed by atoms with E-state index in [0.717, 1.165) is 0 Å². The molecule has 0 aliphatic carbocycles. The molecule has 1 heterocycles. The lowest BCUT2D eigenvalue weighted by Gasteiger charge is -2.16. The molecule has 0 atom stereocenters. The van der Waals surface area contributed by atoms with Crippen LogP contribution < -0.4 is 4.74 Å². The van der Waals surface area contributed by atoms with Crippen LogP contribution in [0.2, 0.25) is 0 Å². The number of aromatic nitrogens is 1. The van der Waals surface area contributed by atoms with Crippen molar-refractivity contribution in [1.82, 2.24) is 4.98 Å². The molecule has 0 unspecified atom stereocenters. The normalized spacial score (nSPS) is 12.3. The maximum atomic E-state index is 13.0. The highest BCUT2D eigenvalue weighted by Crippen LogP contribution is 2.40. The number of alkyl halides is 6. The summed E-state index contributed by atoms with van der Waals surface area (Å²) in [6.07, 6.45) is -9.77. The van der Waals surface area contributed by atoms with Crippen LogP contribution in [0, 0.1) is 6.92 Å². The van der Waals surface area contributed by atoms with E-state index in [0.29, 0.717) is 5.56 Å². The Balaban J connectivity index is 2.49. The van der Waals surface area contributed by atoms with Crippen molar-refractivity contribution in [1.29, 1.82) is 0 Å². The molecule has 1 aromatic heterocycles. The van der Waals surface area contributed by atoms with E-state index >= 15 is 0 Å². The van der Waals surface area contributed by atoms with Crippen molar-refractivity contribution in [2.45, 2.75) is 19.3 Å². The summed E-state index contributed by atoms with van der Waals surface area (Å²) < 4.78 is 81.5. The average Bonchev–Trinajstić information content (AvgIpc) is 2.40. The van der Waals surface area contributed by atoms with Gasteiger partial charge in [-0.3, -0.25) is 0 Å². The fraction of sp³-hybridized carbons (Fsp3) is 0.214. The van der Waals surface area contributed by atoms with Crippen molar-refractivity contribution in [2.75, 3.05) is 0 Å². The number of hydrogen-bond donors (Lipinski definition) is 1. The molecule has 0 fully saturated rings. The topological polar surface area (TPSA) is 42.4 Å². The van der Waals surface area contributed by atoms with Gasteiger partial charge in [-0.25, -0.2) is 4.98 Å². The summed E-state index contributed by atoms with van der Waals surface area (Å²) in [5.41, 5.74) is -2.88. The molecule has 0 aliphatic rings. The van der Waals surface area contributed by atoms with E-state index in [9.17, 15) is 31.4 Å². The molecule has 2 rings (SSSR count). The number of ether oxygens (including phenoxy) is 1. The standard InChI is InChI=1S/C14H9F6NO2/c1-7-4-9(22)2-3-11(7)23-12-10(14(18,19)20)5-8(6-21-12)13(15,16)17/h2-6,22H,1H3. The fourth-order valence-electron chi connectivity index (χ4n) is 1.74. The first-order valence-corrected chi connectivity index (χ1v) is 6.10. The molecule has 1 aromatic carbocycles. The van der Waals surface area contributed by atoms with Gasteiger partial charge in [-0.2, -0.15) is 26.3 Å². The molecule has 0 saturated heterocycles. The number of aromatic hydroxyl groups is 1. The summed E-state index contributed by atoms with van der Waals surface area (Å²) in [5, 5.41) is 9.24. The highest BCUT2D eigenvalue weighted by molar-refractivity contribution is 5.43. The molecule has 0 saturated carbocycles. The zero-order chi connectivity index (χ0) is 17.4. The number of phenols is 1. The third kappa shape index (κ3) is 3.85. The first kappa shape index (κ1) is 16.9. The minimum Gasteiger partial charge on any atom is -0.508 e. The Kier molecular flexibility index (Phi) is 4.14. The summed E-state index contributed by atoms with van der Waals surface area (Å²) in [6.45, 7) is 1.45. The molecule has 23 heavy (non-hydrogen) atoms. The second kappa shape index (κ2) is 5.64. The number of rotatable bonds is 2. The predicted octanol–water partition coefficient (Wildman–Crippen LogP) is 4.93. The lowest BCUT2D eigenvalue weighted by atomic mass is 10.1. The second-order valence-corrected chi connectivity index (χ2v) is 4.62. The van der Waals surface area contributed by atoms with E-state index in [1.165, 1.54) is 25.1 Å². The largest absolute Gasteiger partial charge is 0.508 e. The molecule has 0 spiro atoms. The zero-order valence-electron chi connectivity index (χ0n) is 11.5. The summed E-state index contributed by atoms with van der Waals surface area (Å²) in [5.74, 6) is -1.20. The highest BCUT2D eigenvalue weighted by atomic mass is 19.4. The van der Waals surface area contributed by atoms with Crippen molar-refractivity contribution in [3.63, 3.8) is 0 Å². The quantitative estimate of drug-likeness (QED) is 0.791. The van der Waals surface area contributed by atoms with Crippen LogP contribution >= 0.6 is 0 Å². The van der Waals surface area contributed by atoms with E-state index in [1.807, 2.05) is 0 Å². The van der Waals surface area contributed by atoms with Gasteiger partial charge in [-0.05, 0) is 36.8 Å². The van der Waals surface area contributed by atoms with Crippen molar-refractivity contribution < 1.29 is 36.2 Å². The Morgan fingerprint density at radius 1 is 1.00 bits per heavy atom. The molecule has 3 nitrogen and oxygen atoms in total. The summed E-state index contributed by atoms with van der Waals surface area (Å²) in [7, 11) is 0. The molecule has 9 heteroatoms. The van der Waals surface area contributed by atoms with Gasteiger partial charge in [-0.15, -0.1) is 0 Å². The van der Waals surface area contributed by atoms with Crippen molar-refractivity contribution in [2.24, 2.45) is 0 Å². The van der Waals surface area contributed by atoms with Crippen LogP contribution in [-0.2, 0) is 12.4 Å². The molecule has 1 N–H and O–H groups in total. The van der Waals surface area contributed by atoms with Gasteiger partial charge < -0.3 is 9.84 Å². The van der Waals surface area contributed by atoms with Crippen LogP contribution in [0.1, 0.15) is 16.7 Å². The van der Waals surface area contributed by atoms with Gasteiger partial charge in [0.15, 0.2) is 0 Å². The predicted molar refractivity (Wildman–Crippen MR) is 67.2 cm³/mol. The number of pyridine rings is 1. The lowest BCUT2D eigenvalue weighted by molar-refractivity contribution is -0.144. The van der Waals surface area contributed by atoms with Gasteiger partial charge >= 0.3 is 12.4 Å². The van der Waals surface area contributed by atoms with Gasteiger partial charge in [-0.1, -0.05) is 0 Å². The minimum absolute atomic E-state index is 0.0575. The summed E-state index contributed by atoms with van der Waals surface area (Å²) >= 11 is 0. The van der Waals surface area contributed by atoms with E-state index < -0.39 is 29.4 Å². The van der Waals surface area contributed by atoms with Gasteiger partial charge in [0.05, 0.1) is 5.56 Å². The van der Waals surface area contributed by atoms with Gasteiger partial charge in [0, 0.05) is 6.20 Å². The Bertz CT molecular complexity index is 724. The maximum Gasteiger partial charge on any atom is 0.421 e. The minimum atomic E-state index is -5.07. The maximum absolute atomic E-state index is 13.0. The number of hydrogen-bond acceptors (Lipinski definition) is 3. The molecule has 124 valence electrons. The van der Waals surface area contributed by atoms with Crippen LogP contribution in [-0.4, -0.2) is 10.1 Å². The number of halogens is 6. The first-order chi connectivity index (χ1) is 10.5. The van der Waals surface area contributed by atoms with Crippen LogP contribution in [0.4, 0.5) is 26.3 Å². The third-order valence-electron chi connectivity index (χ3n) is 2.85. The van der Waals surface area contributed by atoms with E-state index in [2.05, 4.69) is 4.98 Å².